The number of nitrogens with zero attached hydrogens (tertiary/aromatic N) is 4. The molecule has 0 atom stereocenters. The zero-order valence-electron chi connectivity index (χ0n) is 13.1. The van der Waals surface area contributed by atoms with Gasteiger partial charge in [-0.25, -0.2) is 0 Å². The van der Waals surface area contributed by atoms with Crippen LogP contribution in [0.1, 0.15) is 33.1 Å². The number of methoxy groups -OCH3 is 1. The molecule has 0 amide bonds. The summed E-state index contributed by atoms with van der Waals surface area (Å²) in [6.07, 6.45) is 3.34. The van der Waals surface area contributed by atoms with E-state index in [9.17, 15) is 0 Å². The van der Waals surface area contributed by atoms with Crippen LogP contribution in [0.15, 0.2) is 0 Å². The Kier molecular flexibility index (Phi) is 5.98. The Balaban J connectivity index is 2.11. The lowest BCUT2D eigenvalue weighted by molar-refractivity contribution is 0.0816. The molecule has 1 aliphatic rings. The third-order valence-electron chi connectivity index (χ3n) is 3.47. The highest BCUT2D eigenvalue weighted by atomic mass is 16.5. The molecule has 0 bridgehead atoms. The third-order valence-corrected chi connectivity index (χ3v) is 3.47. The van der Waals surface area contributed by atoms with Crippen molar-refractivity contribution < 1.29 is 9.47 Å². The van der Waals surface area contributed by atoms with Gasteiger partial charge in [0.05, 0.1) is 12.7 Å². The van der Waals surface area contributed by atoms with E-state index in [0.717, 1.165) is 38.9 Å². The smallest absolute Gasteiger partial charge is 0.323 e. The van der Waals surface area contributed by atoms with Crippen LogP contribution in [0.25, 0.3) is 0 Å². The second-order valence-electron chi connectivity index (χ2n) is 5.02. The highest BCUT2D eigenvalue weighted by Gasteiger charge is 2.22. The van der Waals surface area contributed by atoms with Crippen LogP contribution in [0, 0.1) is 0 Å². The SMILES string of the molecule is CCCNc1nc(OCC)nc(N2CCC(OC)CC2)n1. The normalized spacial score (nSPS) is 16.0. The molecule has 1 saturated heterocycles. The predicted octanol–water partition coefficient (Wildman–Crippen LogP) is 1.71. The monoisotopic (exact) mass is 295 g/mol. The van der Waals surface area contributed by atoms with E-state index in [4.69, 9.17) is 9.47 Å². The molecule has 0 aromatic carbocycles. The summed E-state index contributed by atoms with van der Waals surface area (Å²) in [6, 6.07) is 0.384. The van der Waals surface area contributed by atoms with Crippen LogP contribution in [0.2, 0.25) is 0 Å². The number of hydrogen-bond donors (Lipinski definition) is 1. The first-order valence-corrected chi connectivity index (χ1v) is 7.67. The van der Waals surface area contributed by atoms with Crippen molar-refractivity contribution in [3.8, 4) is 6.01 Å². The molecule has 0 aliphatic carbocycles. The largest absolute Gasteiger partial charge is 0.464 e. The Morgan fingerprint density at radius 1 is 1.19 bits per heavy atom. The number of anilines is 2. The van der Waals surface area contributed by atoms with E-state index in [0.29, 0.717) is 30.6 Å². The molecule has 0 spiro atoms. The van der Waals surface area contributed by atoms with Gasteiger partial charge in [0.15, 0.2) is 0 Å². The summed E-state index contributed by atoms with van der Waals surface area (Å²) in [5.41, 5.74) is 0. The number of ether oxygens (including phenoxy) is 2. The third kappa shape index (κ3) is 4.42. The van der Waals surface area contributed by atoms with Gasteiger partial charge in [0.1, 0.15) is 0 Å². The Bertz CT molecular complexity index is 435. The van der Waals surface area contributed by atoms with Gasteiger partial charge in [0.25, 0.3) is 0 Å². The predicted molar refractivity (Wildman–Crippen MR) is 82.0 cm³/mol. The number of piperidine rings is 1. The van der Waals surface area contributed by atoms with Gasteiger partial charge in [-0.3, -0.25) is 0 Å². The zero-order chi connectivity index (χ0) is 15.1. The van der Waals surface area contributed by atoms with Crippen LogP contribution < -0.4 is 15.0 Å². The summed E-state index contributed by atoms with van der Waals surface area (Å²) in [4.78, 5) is 15.3. The molecule has 1 N–H and O–H groups in total. The van der Waals surface area contributed by atoms with Gasteiger partial charge >= 0.3 is 6.01 Å². The molecule has 0 unspecified atom stereocenters. The molecule has 118 valence electrons. The van der Waals surface area contributed by atoms with Gasteiger partial charge in [0, 0.05) is 26.7 Å². The van der Waals surface area contributed by atoms with Gasteiger partial charge in [0.2, 0.25) is 11.9 Å². The Morgan fingerprint density at radius 3 is 2.57 bits per heavy atom. The van der Waals surface area contributed by atoms with Crippen molar-refractivity contribution in [3.05, 3.63) is 0 Å². The quantitative estimate of drug-likeness (QED) is 0.821. The lowest BCUT2D eigenvalue weighted by Crippen LogP contribution is -2.37. The van der Waals surface area contributed by atoms with E-state index in [2.05, 4.69) is 32.1 Å². The summed E-state index contributed by atoms with van der Waals surface area (Å²) < 4.78 is 10.8. The highest BCUT2D eigenvalue weighted by molar-refractivity contribution is 5.38. The van der Waals surface area contributed by atoms with Crippen molar-refractivity contribution in [2.75, 3.05) is 43.6 Å². The number of nitrogens with one attached hydrogen (secondary N) is 1. The molecule has 21 heavy (non-hydrogen) atoms. The van der Waals surface area contributed by atoms with Crippen LogP contribution in [0.3, 0.4) is 0 Å². The fourth-order valence-corrected chi connectivity index (χ4v) is 2.29. The fraction of sp³-hybridized carbons (Fsp3) is 0.786. The molecule has 0 saturated carbocycles. The second-order valence-corrected chi connectivity index (χ2v) is 5.02. The summed E-state index contributed by atoms with van der Waals surface area (Å²) in [6.45, 7) is 7.19. The van der Waals surface area contributed by atoms with E-state index in [1.165, 1.54) is 0 Å². The molecule has 0 radical (unpaired) electrons. The Morgan fingerprint density at radius 2 is 1.95 bits per heavy atom. The minimum Gasteiger partial charge on any atom is -0.464 e. The average molecular weight is 295 g/mol. The van der Waals surface area contributed by atoms with Crippen LogP contribution >= 0.6 is 0 Å². The lowest BCUT2D eigenvalue weighted by Gasteiger charge is -2.31. The number of rotatable bonds is 7. The molecular weight excluding hydrogens is 270 g/mol. The summed E-state index contributed by atoms with van der Waals surface area (Å²) in [7, 11) is 1.77. The molecule has 1 aromatic heterocycles. The van der Waals surface area contributed by atoms with Crippen LogP contribution in [-0.4, -0.2) is 54.4 Å². The molecule has 2 heterocycles. The van der Waals surface area contributed by atoms with Crippen molar-refractivity contribution in [2.24, 2.45) is 0 Å². The molecule has 2 rings (SSSR count). The van der Waals surface area contributed by atoms with E-state index in [1.807, 2.05) is 6.92 Å². The maximum absolute atomic E-state index is 5.45. The number of hydrogen-bond acceptors (Lipinski definition) is 7. The lowest BCUT2D eigenvalue weighted by atomic mass is 10.1. The van der Waals surface area contributed by atoms with Crippen molar-refractivity contribution in [3.63, 3.8) is 0 Å². The van der Waals surface area contributed by atoms with E-state index >= 15 is 0 Å². The minimum absolute atomic E-state index is 0.340. The Labute approximate surface area is 126 Å². The van der Waals surface area contributed by atoms with Crippen molar-refractivity contribution in [1.29, 1.82) is 0 Å². The van der Waals surface area contributed by atoms with Crippen LogP contribution in [0.5, 0.6) is 6.01 Å². The van der Waals surface area contributed by atoms with Crippen molar-refractivity contribution in [1.82, 2.24) is 15.0 Å². The van der Waals surface area contributed by atoms with Gasteiger partial charge in [-0.1, -0.05) is 6.92 Å². The molecule has 1 aliphatic heterocycles. The van der Waals surface area contributed by atoms with Crippen LogP contribution in [0.4, 0.5) is 11.9 Å². The first-order chi connectivity index (χ1) is 10.3. The second kappa shape index (κ2) is 7.97. The van der Waals surface area contributed by atoms with Gasteiger partial charge in [-0.2, -0.15) is 15.0 Å². The summed E-state index contributed by atoms with van der Waals surface area (Å²) in [5, 5.41) is 3.20. The van der Waals surface area contributed by atoms with Crippen molar-refractivity contribution in [2.45, 2.75) is 39.2 Å². The molecule has 1 aromatic rings. The standard InChI is InChI=1S/C14H25N5O2/c1-4-8-15-12-16-13(18-14(17-12)21-5-2)19-9-6-11(20-3)7-10-19/h11H,4-10H2,1-3H3,(H,15,16,17,18). The highest BCUT2D eigenvalue weighted by Crippen LogP contribution is 2.20. The average Bonchev–Trinajstić information content (AvgIpc) is 2.53. The summed E-state index contributed by atoms with van der Waals surface area (Å²) in [5.74, 6) is 1.26. The van der Waals surface area contributed by atoms with Gasteiger partial charge < -0.3 is 19.7 Å². The van der Waals surface area contributed by atoms with Gasteiger partial charge in [-0.05, 0) is 26.2 Å². The van der Waals surface area contributed by atoms with Crippen LogP contribution in [-0.2, 0) is 4.74 Å². The van der Waals surface area contributed by atoms with E-state index in [1.54, 1.807) is 7.11 Å². The fourth-order valence-electron chi connectivity index (χ4n) is 2.29. The maximum atomic E-state index is 5.45. The first kappa shape index (κ1) is 15.8. The summed E-state index contributed by atoms with van der Waals surface area (Å²) >= 11 is 0. The molecule has 7 nitrogen and oxygen atoms in total. The maximum Gasteiger partial charge on any atom is 0.323 e. The number of aromatic nitrogens is 3. The molecular formula is C14H25N5O2. The van der Waals surface area contributed by atoms with Gasteiger partial charge in [-0.15, -0.1) is 0 Å². The first-order valence-electron chi connectivity index (χ1n) is 7.67. The topological polar surface area (TPSA) is 72.4 Å². The Hall–Kier alpha value is -1.63. The van der Waals surface area contributed by atoms with E-state index < -0.39 is 0 Å². The molecule has 1 fully saturated rings. The zero-order valence-corrected chi connectivity index (χ0v) is 13.1. The van der Waals surface area contributed by atoms with E-state index in [-0.39, 0.29) is 0 Å². The molecule has 7 heteroatoms. The van der Waals surface area contributed by atoms with Crippen molar-refractivity contribution >= 4 is 11.9 Å². The minimum atomic E-state index is 0.340.